The molecule has 228 valence electrons. The molecule has 1 amide bonds. The van der Waals surface area contributed by atoms with Crippen LogP contribution in [0.1, 0.15) is 25.8 Å². The average Bonchev–Trinajstić information content (AvgIpc) is 3.03. The number of carbonyl (C=O) groups excluding carboxylic acids is 1. The molecule has 3 aromatic carbocycles. The zero-order valence-electron chi connectivity index (χ0n) is 25.3. The molecular formula is C32H37N3O7S. The maximum Gasteiger partial charge on any atom is 0.262 e. The van der Waals surface area contributed by atoms with Crippen molar-refractivity contribution in [3.63, 3.8) is 0 Å². The highest BCUT2D eigenvalue weighted by atomic mass is 32.2. The molecule has 0 saturated carbocycles. The zero-order chi connectivity index (χ0) is 30.9. The van der Waals surface area contributed by atoms with Gasteiger partial charge in [0.05, 0.1) is 56.9 Å². The number of benzene rings is 3. The number of thioether (sulfide) groups is 1. The lowest BCUT2D eigenvalue weighted by Crippen LogP contribution is -2.29. The van der Waals surface area contributed by atoms with Crippen molar-refractivity contribution in [2.75, 3.05) is 40.4 Å². The third kappa shape index (κ3) is 7.16. The van der Waals surface area contributed by atoms with Crippen LogP contribution in [0.25, 0.3) is 10.9 Å². The van der Waals surface area contributed by atoms with Crippen LogP contribution in [0.15, 0.2) is 64.5 Å². The molecule has 0 spiro atoms. The van der Waals surface area contributed by atoms with E-state index in [1.54, 1.807) is 37.0 Å². The maximum absolute atomic E-state index is 14.0. The van der Waals surface area contributed by atoms with Crippen molar-refractivity contribution >= 4 is 34.3 Å². The van der Waals surface area contributed by atoms with Crippen molar-refractivity contribution in [2.45, 2.75) is 43.6 Å². The number of nitrogens with one attached hydrogen (secondary N) is 1. The van der Waals surface area contributed by atoms with E-state index in [-0.39, 0.29) is 11.5 Å². The Morgan fingerprint density at radius 3 is 2.23 bits per heavy atom. The Labute approximate surface area is 255 Å². The van der Waals surface area contributed by atoms with E-state index in [1.165, 1.54) is 26.0 Å². The largest absolute Gasteiger partial charge is 0.493 e. The molecule has 4 rings (SSSR count). The van der Waals surface area contributed by atoms with Crippen LogP contribution in [0, 0.1) is 0 Å². The fourth-order valence-electron chi connectivity index (χ4n) is 4.61. The summed E-state index contributed by atoms with van der Waals surface area (Å²) >= 11 is 1.25. The molecule has 1 heterocycles. The van der Waals surface area contributed by atoms with Crippen molar-refractivity contribution in [1.29, 1.82) is 0 Å². The summed E-state index contributed by atoms with van der Waals surface area (Å²) in [6, 6.07) is 16.3. The lowest BCUT2D eigenvalue weighted by Gasteiger charge is -2.19. The van der Waals surface area contributed by atoms with Crippen LogP contribution < -0.4 is 34.6 Å². The minimum atomic E-state index is -0.536. The van der Waals surface area contributed by atoms with Crippen LogP contribution in [0.2, 0.25) is 0 Å². The molecule has 11 heteroatoms. The Hall–Kier alpha value is -4.38. The van der Waals surface area contributed by atoms with Gasteiger partial charge in [-0.15, -0.1) is 0 Å². The van der Waals surface area contributed by atoms with Crippen molar-refractivity contribution < 1.29 is 28.5 Å². The van der Waals surface area contributed by atoms with Gasteiger partial charge in [-0.1, -0.05) is 36.9 Å². The highest BCUT2D eigenvalue weighted by Gasteiger charge is 2.24. The molecule has 0 fully saturated rings. The first-order chi connectivity index (χ1) is 20.9. The smallest absolute Gasteiger partial charge is 0.262 e. The van der Waals surface area contributed by atoms with E-state index < -0.39 is 5.25 Å². The van der Waals surface area contributed by atoms with Gasteiger partial charge in [0.25, 0.3) is 5.56 Å². The average molecular weight is 608 g/mol. The predicted octanol–water partition coefficient (Wildman–Crippen LogP) is 5.58. The monoisotopic (exact) mass is 607 g/mol. The minimum Gasteiger partial charge on any atom is -0.493 e. The van der Waals surface area contributed by atoms with E-state index in [2.05, 4.69) is 5.32 Å². The van der Waals surface area contributed by atoms with Crippen molar-refractivity contribution in [3.05, 3.63) is 70.5 Å². The lowest BCUT2D eigenvalue weighted by molar-refractivity contribution is -0.115. The standard InChI is InChI=1S/C32H37N3O7S/c1-7-29(30(36)33-22-11-9-10-12-24(22)42-8-2)43-32-34-23-19-28(41-6)27(40-5)18-21(23)31(37)35(32)16-15-20-13-14-25(38-3)26(17-20)39-4/h9-14,17-19,29H,7-8,15-16H2,1-6H3,(H,33,36)/t29-/m0/s1. The van der Waals surface area contributed by atoms with E-state index in [4.69, 9.17) is 28.7 Å². The fraction of sp³-hybridized carbons (Fsp3) is 0.344. The van der Waals surface area contributed by atoms with Gasteiger partial charge in [-0.05, 0) is 55.7 Å². The SMILES string of the molecule is CCOc1ccccc1NC(=O)[C@H](CC)Sc1nc2cc(OC)c(OC)cc2c(=O)n1CCc1ccc(OC)c(OC)c1. The van der Waals surface area contributed by atoms with Crippen molar-refractivity contribution in [2.24, 2.45) is 0 Å². The number of anilines is 1. The van der Waals surface area contributed by atoms with Gasteiger partial charge in [0, 0.05) is 12.6 Å². The first kappa shape index (κ1) is 31.6. The number of fused-ring (bicyclic) bond motifs is 1. The zero-order valence-corrected chi connectivity index (χ0v) is 26.1. The number of amides is 1. The van der Waals surface area contributed by atoms with Crippen LogP contribution in [0.5, 0.6) is 28.7 Å². The van der Waals surface area contributed by atoms with E-state index >= 15 is 0 Å². The molecule has 0 unspecified atom stereocenters. The number of aromatic nitrogens is 2. The highest BCUT2D eigenvalue weighted by molar-refractivity contribution is 8.00. The Bertz CT molecular complexity index is 1640. The molecule has 1 aromatic heterocycles. The number of para-hydroxylation sites is 2. The van der Waals surface area contributed by atoms with Gasteiger partial charge in [-0.2, -0.15) is 0 Å². The topological polar surface area (TPSA) is 110 Å². The summed E-state index contributed by atoms with van der Waals surface area (Å²) in [5, 5.41) is 3.26. The Morgan fingerprint density at radius 1 is 0.884 bits per heavy atom. The van der Waals surface area contributed by atoms with Crippen molar-refractivity contribution in [1.82, 2.24) is 9.55 Å². The Morgan fingerprint density at radius 2 is 1.56 bits per heavy atom. The minimum absolute atomic E-state index is 0.215. The van der Waals surface area contributed by atoms with Crippen LogP contribution in [-0.4, -0.2) is 55.8 Å². The van der Waals surface area contributed by atoms with Gasteiger partial charge in [0.15, 0.2) is 28.2 Å². The van der Waals surface area contributed by atoms with Crippen LogP contribution in [-0.2, 0) is 17.8 Å². The molecule has 0 radical (unpaired) electrons. The third-order valence-electron chi connectivity index (χ3n) is 6.85. The van der Waals surface area contributed by atoms with E-state index in [0.29, 0.717) is 76.5 Å². The van der Waals surface area contributed by atoms with Crippen molar-refractivity contribution in [3.8, 4) is 28.7 Å². The summed E-state index contributed by atoms with van der Waals surface area (Å²) in [5.41, 5.74) is 1.74. The molecule has 0 saturated heterocycles. The van der Waals surface area contributed by atoms with Gasteiger partial charge >= 0.3 is 0 Å². The number of hydrogen-bond acceptors (Lipinski definition) is 9. The van der Waals surface area contributed by atoms with E-state index in [0.717, 1.165) is 5.56 Å². The quantitative estimate of drug-likeness (QED) is 0.145. The highest BCUT2D eigenvalue weighted by Crippen LogP contribution is 2.33. The van der Waals surface area contributed by atoms with E-state index in [1.807, 2.05) is 50.2 Å². The number of nitrogens with zero attached hydrogens (tertiary/aromatic N) is 2. The number of hydrogen-bond donors (Lipinski definition) is 1. The molecule has 43 heavy (non-hydrogen) atoms. The molecule has 0 aliphatic carbocycles. The van der Waals surface area contributed by atoms with Crippen LogP contribution >= 0.6 is 11.8 Å². The second kappa shape index (κ2) is 14.7. The van der Waals surface area contributed by atoms with Gasteiger partial charge < -0.3 is 29.0 Å². The lowest BCUT2D eigenvalue weighted by atomic mass is 10.1. The predicted molar refractivity (Wildman–Crippen MR) is 169 cm³/mol. The normalized spacial score (nSPS) is 11.6. The van der Waals surface area contributed by atoms with E-state index in [9.17, 15) is 9.59 Å². The molecule has 10 nitrogen and oxygen atoms in total. The maximum atomic E-state index is 14.0. The second-order valence-electron chi connectivity index (χ2n) is 9.45. The molecule has 4 aromatic rings. The molecule has 0 aliphatic rings. The Balaban J connectivity index is 1.73. The molecule has 1 N–H and O–H groups in total. The first-order valence-corrected chi connectivity index (χ1v) is 14.8. The molecule has 1 atom stereocenters. The number of methoxy groups -OCH3 is 4. The summed E-state index contributed by atoms with van der Waals surface area (Å²) in [4.78, 5) is 32.3. The van der Waals surface area contributed by atoms with Crippen LogP contribution in [0.4, 0.5) is 5.69 Å². The number of ether oxygens (including phenoxy) is 5. The number of carbonyl (C=O) groups is 1. The molecule has 0 aliphatic heterocycles. The number of aryl methyl sites for hydroxylation is 1. The molecular weight excluding hydrogens is 570 g/mol. The molecule has 0 bridgehead atoms. The van der Waals surface area contributed by atoms with Gasteiger partial charge in [0.2, 0.25) is 5.91 Å². The van der Waals surface area contributed by atoms with Gasteiger partial charge in [-0.3, -0.25) is 14.2 Å². The summed E-state index contributed by atoms with van der Waals surface area (Å²) in [5.74, 6) is 2.49. The Kier molecular flexibility index (Phi) is 10.8. The number of rotatable bonds is 14. The van der Waals surface area contributed by atoms with Gasteiger partial charge in [-0.25, -0.2) is 4.98 Å². The van der Waals surface area contributed by atoms with Gasteiger partial charge in [0.1, 0.15) is 5.75 Å². The third-order valence-corrected chi connectivity index (χ3v) is 8.21. The summed E-state index contributed by atoms with van der Waals surface area (Å²) in [6.45, 7) is 4.60. The first-order valence-electron chi connectivity index (χ1n) is 13.9. The summed E-state index contributed by atoms with van der Waals surface area (Å²) < 4.78 is 29.0. The second-order valence-corrected chi connectivity index (χ2v) is 10.6. The fourth-order valence-corrected chi connectivity index (χ4v) is 5.65. The summed E-state index contributed by atoms with van der Waals surface area (Å²) in [7, 11) is 6.21. The van der Waals surface area contributed by atoms with Crippen LogP contribution in [0.3, 0.4) is 0 Å². The summed E-state index contributed by atoms with van der Waals surface area (Å²) in [6.07, 6.45) is 1.02.